The van der Waals surface area contributed by atoms with E-state index >= 15 is 0 Å². The standard InChI is InChI=1S/C13H22N2O3/c1-4-7-15(10-5-6-10)13(18)14-11(12(16)17)8-9(2)3/h4,9-11H,1,5-8H2,2-3H3,(H,14,18)(H,16,17)/t11-/m1/s1. The van der Waals surface area contributed by atoms with Crippen molar-refractivity contribution >= 4 is 12.0 Å². The predicted molar refractivity (Wildman–Crippen MR) is 69.3 cm³/mol. The second-order valence-electron chi connectivity index (χ2n) is 5.14. The molecule has 1 saturated carbocycles. The van der Waals surface area contributed by atoms with Crippen molar-refractivity contribution in [3.63, 3.8) is 0 Å². The third kappa shape index (κ3) is 4.39. The quantitative estimate of drug-likeness (QED) is 0.681. The van der Waals surface area contributed by atoms with E-state index in [-0.39, 0.29) is 18.0 Å². The lowest BCUT2D eigenvalue weighted by Crippen LogP contribution is -2.49. The van der Waals surface area contributed by atoms with Gasteiger partial charge in [0.25, 0.3) is 0 Å². The number of urea groups is 1. The number of hydrogen-bond acceptors (Lipinski definition) is 2. The molecule has 1 aliphatic carbocycles. The second-order valence-corrected chi connectivity index (χ2v) is 5.14. The minimum Gasteiger partial charge on any atom is -0.480 e. The van der Waals surface area contributed by atoms with Gasteiger partial charge in [-0.3, -0.25) is 0 Å². The molecule has 102 valence electrons. The number of carboxylic acids is 1. The second kappa shape index (κ2) is 6.42. The van der Waals surface area contributed by atoms with Gasteiger partial charge < -0.3 is 15.3 Å². The molecule has 0 saturated heterocycles. The minimum absolute atomic E-state index is 0.222. The highest BCUT2D eigenvalue weighted by atomic mass is 16.4. The fourth-order valence-electron chi connectivity index (χ4n) is 1.85. The van der Waals surface area contributed by atoms with Crippen LogP contribution in [-0.2, 0) is 4.79 Å². The molecule has 0 unspecified atom stereocenters. The number of rotatable bonds is 7. The van der Waals surface area contributed by atoms with Crippen molar-refractivity contribution in [3.05, 3.63) is 12.7 Å². The fraction of sp³-hybridized carbons (Fsp3) is 0.692. The zero-order chi connectivity index (χ0) is 13.7. The van der Waals surface area contributed by atoms with Crippen LogP contribution in [0, 0.1) is 5.92 Å². The van der Waals surface area contributed by atoms with E-state index in [1.807, 2.05) is 13.8 Å². The highest BCUT2D eigenvalue weighted by Gasteiger charge is 2.33. The number of carbonyl (C=O) groups is 2. The van der Waals surface area contributed by atoms with Gasteiger partial charge in [0.05, 0.1) is 0 Å². The van der Waals surface area contributed by atoms with E-state index in [4.69, 9.17) is 5.11 Å². The molecular formula is C13H22N2O3. The molecule has 2 N–H and O–H groups in total. The van der Waals surface area contributed by atoms with Crippen LogP contribution in [0.2, 0.25) is 0 Å². The van der Waals surface area contributed by atoms with E-state index in [0.29, 0.717) is 13.0 Å². The van der Waals surface area contributed by atoms with E-state index < -0.39 is 12.0 Å². The molecule has 0 bridgehead atoms. The topological polar surface area (TPSA) is 69.6 Å². The van der Waals surface area contributed by atoms with E-state index in [0.717, 1.165) is 12.8 Å². The molecule has 0 heterocycles. The van der Waals surface area contributed by atoms with Crippen molar-refractivity contribution in [2.75, 3.05) is 6.54 Å². The third-order valence-corrected chi connectivity index (χ3v) is 2.88. The van der Waals surface area contributed by atoms with Crippen molar-refractivity contribution in [1.82, 2.24) is 10.2 Å². The molecule has 5 nitrogen and oxygen atoms in total. The molecule has 1 fully saturated rings. The molecule has 1 atom stereocenters. The third-order valence-electron chi connectivity index (χ3n) is 2.88. The number of nitrogens with one attached hydrogen (secondary N) is 1. The zero-order valence-electron chi connectivity index (χ0n) is 11.1. The maximum Gasteiger partial charge on any atom is 0.326 e. The smallest absolute Gasteiger partial charge is 0.326 e. The Hall–Kier alpha value is -1.52. The predicted octanol–water partition coefficient (Wildman–Crippen LogP) is 1.85. The maximum atomic E-state index is 12.0. The lowest BCUT2D eigenvalue weighted by molar-refractivity contribution is -0.139. The van der Waals surface area contributed by atoms with Crippen molar-refractivity contribution in [2.45, 2.75) is 45.2 Å². The number of nitrogens with zero attached hydrogens (tertiary/aromatic N) is 1. The van der Waals surface area contributed by atoms with E-state index in [1.165, 1.54) is 0 Å². The minimum atomic E-state index is -0.980. The van der Waals surface area contributed by atoms with Gasteiger partial charge >= 0.3 is 12.0 Å². The Morgan fingerprint density at radius 3 is 2.50 bits per heavy atom. The van der Waals surface area contributed by atoms with Crippen LogP contribution >= 0.6 is 0 Å². The van der Waals surface area contributed by atoms with Crippen LogP contribution in [0.4, 0.5) is 4.79 Å². The SMILES string of the molecule is C=CCN(C(=O)N[C@H](CC(C)C)C(=O)O)C1CC1. The Labute approximate surface area is 108 Å². The first kappa shape index (κ1) is 14.5. The van der Waals surface area contributed by atoms with Crippen molar-refractivity contribution in [3.8, 4) is 0 Å². The molecule has 5 heteroatoms. The Balaban J connectivity index is 2.58. The summed E-state index contributed by atoms with van der Waals surface area (Å²) in [6, 6.07) is -0.870. The van der Waals surface area contributed by atoms with Gasteiger partial charge in [-0.1, -0.05) is 19.9 Å². The first-order chi connectivity index (χ1) is 8.45. The van der Waals surface area contributed by atoms with Gasteiger partial charge in [-0.2, -0.15) is 0 Å². The maximum absolute atomic E-state index is 12.0. The zero-order valence-corrected chi connectivity index (χ0v) is 11.1. The van der Waals surface area contributed by atoms with E-state index in [2.05, 4.69) is 11.9 Å². The summed E-state index contributed by atoms with van der Waals surface area (Å²) in [5, 5.41) is 11.7. The van der Waals surface area contributed by atoms with E-state index in [1.54, 1.807) is 11.0 Å². The summed E-state index contributed by atoms with van der Waals surface area (Å²) in [6.45, 7) is 7.95. The summed E-state index contributed by atoms with van der Waals surface area (Å²) in [7, 11) is 0. The monoisotopic (exact) mass is 254 g/mol. The normalized spacial score (nSPS) is 16.2. The van der Waals surface area contributed by atoms with Gasteiger partial charge in [0.2, 0.25) is 0 Å². The Morgan fingerprint density at radius 2 is 2.11 bits per heavy atom. The van der Waals surface area contributed by atoms with Gasteiger partial charge in [0, 0.05) is 12.6 Å². The van der Waals surface area contributed by atoms with Crippen LogP contribution in [0.1, 0.15) is 33.1 Å². The average molecular weight is 254 g/mol. The van der Waals surface area contributed by atoms with Gasteiger partial charge in [0.15, 0.2) is 0 Å². The van der Waals surface area contributed by atoms with Gasteiger partial charge in [-0.05, 0) is 25.2 Å². The molecule has 0 aliphatic heterocycles. The van der Waals surface area contributed by atoms with Crippen LogP contribution in [0.3, 0.4) is 0 Å². The largest absolute Gasteiger partial charge is 0.480 e. The van der Waals surface area contributed by atoms with Crippen LogP contribution in [0.15, 0.2) is 12.7 Å². The van der Waals surface area contributed by atoms with E-state index in [9.17, 15) is 9.59 Å². The van der Waals surface area contributed by atoms with Gasteiger partial charge in [0.1, 0.15) is 6.04 Å². The summed E-state index contributed by atoms with van der Waals surface area (Å²) in [6.07, 6.45) is 4.08. The van der Waals surface area contributed by atoms with Crippen LogP contribution < -0.4 is 5.32 Å². The van der Waals surface area contributed by atoms with Crippen molar-refractivity contribution in [2.24, 2.45) is 5.92 Å². The summed E-state index contributed by atoms with van der Waals surface area (Å²) < 4.78 is 0. The lowest BCUT2D eigenvalue weighted by Gasteiger charge is -2.24. The number of aliphatic carboxylic acids is 1. The van der Waals surface area contributed by atoms with Crippen LogP contribution in [0.5, 0.6) is 0 Å². The van der Waals surface area contributed by atoms with Gasteiger partial charge in [-0.15, -0.1) is 6.58 Å². The first-order valence-electron chi connectivity index (χ1n) is 6.36. The number of carboxylic acid groups (broad SMARTS) is 1. The Morgan fingerprint density at radius 1 is 1.50 bits per heavy atom. The highest BCUT2D eigenvalue weighted by Crippen LogP contribution is 2.26. The fourth-order valence-corrected chi connectivity index (χ4v) is 1.85. The van der Waals surface area contributed by atoms with Gasteiger partial charge in [-0.25, -0.2) is 9.59 Å². The molecule has 18 heavy (non-hydrogen) atoms. The molecule has 0 aromatic carbocycles. The van der Waals surface area contributed by atoms with Crippen molar-refractivity contribution < 1.29 is 14.7 Å². The molecule has 0 aromatic rings. The number of hydrogen-bond donors (Lipinski definition) is 2. The average Bonchev–Trinajstić information content (AvgIpc) is 3.07. The Bertz CT molecular complexity index is 324. The molecule has 2 amide bonds. The number of carbonyl (C=O) groups excluding carboxylic acids is 1. The van der Waals surface area contributed by atoms with Crippen LogP contribution in [-0.4, -0.2) is 40.6 Å². The molecular weight excluding hydrogens is 232 g/mol. The lowest BCUT2D eigenvalue weighted by atomic mass is 10.0. The molecule has 0 radical (unpaired) electrons. The molecule has 0 spiro atoms. The number of amides is 2. The highest BCUT2D eigenvalue weighted by molar-refractivity contribution is 5.83. The Kier molecular flexibility index (Phi) is 5.19. The summed E-state index contributed by atoms with van der Waals surface area (Å²) in [4.78, 5) is 24.8. The summed E-state index contributed by atoms with van der Waals surface area (Å²) in [5.41, 5.74) is 0. The first-order valence-corrected chi connectivity index (χ1v) is 6.36. The van der Waals surface area contributed by atoms with Crippen molar-refractivity contribution in [1.29, 1.82) is 0 Å². The summed E-state index contributed by atoms with van der Waals surface area (Å²) >= 11 is 0. The van der Waals surface area contributed by atoms with Crippen LogP contribution in [0.25, 0.3) is 0 Å². The molecule has 0 aromatic heterocycles. The molecule has 1 rings (SSSR count). The molecule has 1 aliphatic rings. The summed E-state index contributed by atoms with van der Waals surface area (Å²) in [5.74, 6) is -0.758.